The molecule has 0 aliphatic rings. The van der Waals surface area contributed by atoms with Gasteiger partial charge in [-0.1, -0.05) is 13.8 Å². The van der Waals surface area contributed by atoms with Gasteiger partial charge in [-0.25, -0.2) is 0 Å². The van der Waals surface area contributed by atoms with Crippen LogP contribution in [0.3, 0.4) is 0 Å². The van der Waals surface area contributed by atoms with Gasteiger partial charge < -0.3 is 4.98 Å². The molecule has 2 aromatic heterocycles. The van der Waals surface area contributed by atoms with Crippen LogP contribution in [0.5, 0.6) is 0 Å². The van der Waals surface area contributed by atoms with Crippen molar-refractivity contribution in [2.45, 2.75) is 31.7 Å². The highest BCUT2D eigenvalue weighted by Crippen LogP contribution is 2.29. The van der Waals surface area contributed by atoms with E-state index in [1.54, 1.807) is 0 Å². The summed E-state index contributed by atoms with van der Waals surface area (Å²) in [7, 11) is 0. The molecule has 74 valence electrons. The number of aromatic amines is 1. The summed E-state index contributed by atoms with van der Waals surface area (Å²) < 4.78 is 0. The number of nitrogens with zero attached hydrogens (tertiary/aromatic N) is 1. The lowest BCUT2D eigenvalue weighted by Gasteiger charge is -2.03. The number of hydrogen-bond donors (Lipinski definition) is 2. The molecule has 3 heteroatoms. The van der Waals surface area contributed by atoms with E-state index in [2.05, 4.69) is 42.5 Å². The summed E-state index contributed by atoms with van der Waals surface area (Å²) in [6.45, 7) is 6.36. The third-order valence-corrected chi connectivity index (χ3v) is 2.72. The summed E-state index contributed by atoms with van der Waals surface area (Å²) in [5, 5.41) is 0.938. The molecule has 1 N–H and O–H groups in total. The maximum absolute atomic E-state index is 4.44. The Balaban J connectivity index is 2.77. The Bertz CT molecular complexity index is 471. The zero-order chi connectivity index (χ0) is 10.3. The van der Waals surface area contributed by atoms with E-state index in [0.29, 0.717) is 5.92 Å². The first-order valence-corrected chi connectivity index (χ1v) is 5.21. The molecular formula is C11H14N2S. The summed E-state index contributed by atoms with van der Waals surface area (Å²) in [5.41, 5.74) is 4.51. The van der Waals surface area contributed by atoms with Gasteiger partial charge in [0.15, 0.2) is 0 Å². The second kappa shape index (κ2) is 3.31. The molecule has 0 amide bonds. The average molecular weight is 206 g/mol. The molecule has 2 heterocycles. The Morgan fingerprint density at radius 3 is 2.79 bits per heavy atom. The maximum Gasteiger partial charge on any atom is 0.0925 e. The van der Waals surface area contributed by atoms with E-state index in [1.165, 1.54) is 11.1 Å². The van der Waals surface area contributed by atoms with Crippen LogP contribution in [0.4, 0.5) is 0 Å². The molecule has 0 spiro atoms. The molecule has 0 fully saturated rings. The first-order valence-electron chi connectivity index (χ1n) is 4.76. The van der Waals surface area contributed by atoms with Crippen molar-refractivity contribution in [3.63, 3.8) is 0 Å². The van der Waals surface area contributed by atoms with E-state index >= 15 is 0 Å². The standard InChI is InChI=1S/C11H14N2S/c1-6(2)9-10-8(13-11(9)14)4-7(3)5-12-10/h4-6,13-14H,1-3H3. The number of nitrogens with one attached hydrogen (secondary N) is 1. The molecule has 0 aliphatic carbocycles. The first kappa shape index (κ1) is 9.59. The minimum absolute atomic E-state index is 0.450. The van der Waals surface area contributed by atoms with E-state index in [4.69, 9.17) is 0 Å². The van der Waals surface area contributed by atoms with Gasteiger partial charge in [0.1, 0.15) is 0 Å². The van der Waals surface area contributed by atoms with Crippen molar-refractivity contribution in [2.24, 2.45) is 0 Å². The Kier molecular flexibility index (Phi) is 2.27. The van der Waals surface area contributed by atoms with Crippen LogP contribution >= 0.6 is 12.6 Å². The minimum Gasteiger partial charge on any atom is -0.348 e. The van der Waals surface area contributed by atoms with Crippen LogP contribution in [0.25, 0.3) is 11.0 Å². The fraction of sp³-hybridized carbons (Fsp3) is 0.364. The zero-order valence-electron chi connectivity index (χ0n) is 8.63. The van der Waals surface area contributed by atoms with Gasteiger partial charge in [-0.3, -0.25) is 4.98 Å². The van der Waals surface area contributed by atoms with Crippen molar-refractivity contribution in [1.29, 1.82) is 0 Å². The van der Waals surface area contributed by atoms with Crippen LogP contribution in [0.15, 0.2) is 17.3 Å². The van der Waals surface area contributed by atoms with Gasteiger partial charge in [0, 0.05) is 11.8 Å². The Morgan fingerprint density at radius 2 is 2.14 bits per heavy atom. The molecule has 0 saturated heterocycles. The quantitative estimate of drug-likeness (QED) is 0.689. The summed E-state index contributed by atoms with van der Waals surface area (Å²) >= 11 is 4.43. The summed E-state index contributed by atoms with van der Waals surface area (Å²) in [6, 6.07) is 2.11. The molecule has 14 heavy (non-hydrogen) atoms. The lowest BCUT2D eigenvalue weighted by atomic mass is 10.1. The van der Waals surface area contributed by atoms with Crippen molar-refractivity contribution in [3.8, 4) is 0 Å². The highest BCUT2D eigenvalue weighted by Gasteiger charge is 2.12. The fourth-order valence-corrected chi connectivity index (χ4v) is 2.22. The minimum atomic E-state index is 0.450. The number of H-pyrrole nitrogens is 1. The van der Waals surface area contributed by atoms with Gasteiger partial charge in [0.05, 0.1) is 16.1 Å². The smallest absolute Gasteiger partial charge is 0.0925 e. The first-order chi connectivity index (χ1) is 6.59. The largest absolute Gasteiger partial charge is 0.348 e. The SMILES string of the molecule is Cc1cnc2c(C(C)C)c(S)[nH]c2c1. The van der Waals surface area contributed by atoms with E-state index < -0.39 is 0 Å². The zero-order valence-corrected chi connectivity index (χ0v) is 9.52. The van der Waals surface area contributed by atoms with Gasteiger partial charge in [0.2, 0.25) is 0 Å². The summed E-state index contributed by atoms with van der Waals surface area (Å²) in [6.07, 6.45) is 1.90. The summed E-state index contributed by atoms with van der Waals surface area (Å²) in [4.78, 5) is 7.69. The maximum atomic E-state index is 4.44. The number of aryl methyl sites for hydroxylation is 1. The van der Waals surface area contributed by atoms with Gasteiger partial charge in [0.25, 0.3) is 0 Å². The second-order valence-electron chi connectivity index (χ2n) is 3.95. The van der Waals surface area contributed by atoms with Crippen LogP contribution < -0.4 is 0 Å². The third kappa shape index (κ3) is 1.42. The van der Waals surface area contributed by atoms with Crippen molar-refractivity contribution < 1.29 is 0 Å². The topological polar surface area (TPSA) is 28.7 Å². The van der Waals surface area contributed by atoms with Gasteiger partial charge in [-0.05, 0) is 24.5 Å². The average Bonchev–Trinajstić information content (AvgIpc) is 2.39. The van der Waals surface area contributed by atoms with Crippen molar-refractivity contribution in [1.82, 2.24) is 9.97 Å². The van der Waals surface area contributed by atoms with Crippen molar-refractivity contribution in [2.75, 3.05) is 0 Å². The number of thiol groups is 1. The van der Waals surface area contributed by atoms with E-state index in [0.717, 1.165) is 16.1 Å². The molecule has 0 aliphatic heterocycles. The van der Waals surface area contributed by atoms with E-state index in [1.807, 2.05) is 13.1 Å². The Labute approximate surface area is 89.2 Å². The number of rotatable bonds is 1. The molecule has 2 aromatic rings. The molecule has 0 unspecified atom stereocenters. The van der Waals surface area contributed by atoms with E-state index in [9.17, 15) is 0 Å². The number of pyridine rings is 1. The lowest BCUT2D eigenvalue weighted by molar-refractivity contribution is 0.844. The van der Waals surface area contributed by atoms with Gasteiger partial charge in [-0.15, -0.1) is 12.6 Å². The van der Waals surface area contributed by atoms with Crippen molar-refractivity contribution >= 4 is 23.7 Å². The molecule has 0 aromatic carbocycles. The van der Waals surface area contributed by atoms with E-state index in [-0.39, 0.29) is 0 Å². The van der Waals surface area contributed by atoms with Crippen LogP contribution in [0.2, 0.25) is 0 Å². The highest BCUT2D eigenvalue weighted by atomic mass is 32.1. The van der Waals surface area contributed by atoms with Crippen LogP contribution in [0, 0.1) is 6.92 Å². The summed E-state index contributed by atoms with van der Waals surface area (Å²) in [5.74, 6) is 0.450. The number of aromatic nitrogens is 2. The monoisotopic (exact) mass is 206 g/mol. The third-order valence-electron chi connectivity index (χ3n) is 2.37. The number of hydrogen-bond acceptors (Lipinski definition) is 2. The van der Waals surface area contributed by atoms with Gasteiger partial charge >= 0.3 is 0 Å². The molecule has 2 rings (SSSR count). The molecule has 2 nitrogen and oxygen atoms in total. The molecule has 0 saturated carbocycles. The molecule has 0 radical (unpaired) electrons. The molecular weight excluding hydrogens is 192 g/mol. The van der Waals surface area contributed by atoms with Crippen LogP contribution in [0.1, 0.15) is 30.9 Å². The lowest BCUT2D eigenvalue weighted by Crippen LogP contribution is -1.88. The fourth-order valence-electron chi connectivity index (χ4n) is 1.73. The Morgan fingerprint density at radius 1 is 1.43 bits per heavy atom. The van der Waals surface area contributed by atoms with Crippen molar-refractivity contribution in [3.05, 3.63) is 23.4 Å². The molecule has 0 bridgehead atoms. The molecule has 0 atom stereocenters. The normalized spacial score (nSPS) is 11.5. The van der Waals surface area contributed by atoms with Crippen LogP contribution in [-0.4, -0.2) is 9.97 Å². The van der Waals surface area contributed by atoms with Gasteiger partial charge in [-0.2, -0.15) is 0 Å². The highest BCUT2D eigenvalue weighted by molar-refractivity contribution is 7.80. The second-order valence-corrected chi connectivity index (χ2v) is 4.40. The predicted molar refractivity (Wildman–Crippen MR) is 62.2 cm³/mol. The Hall–Kier alpha value is -0.960. The van der Waals surface area contributed by atoms with Crippen LogP contribution in [-0.2, 0) is 0 Å². The predicted octanol–water partition coefficient (Wildman–Crippen LogP) is 3.28. The number of fused-ring (bicyclic) bond motifs is 1.